The summed E-state index contributed by atoms with van der Waals surface area (Å²) in [7, 11) is 0. The lowest BCUT2D eigenvalue weighted by molar-refractivity contribution is -0.150. The van der Waals surface area contributed by atoms with Crippen molar-refractivity contribution in [1.29, 1.82) is 0 Å². The Hall–Kier alpha value is -3.15. The molecule has 2 rings (SSSR count). The second-order valence-electron chi connectivity index (χ2n) is 5.34. The molecule has 0 aliphatic rings. The molecule has 0 heterocycles. The fourth-order valence-corrected chi connectivity index (χ4v) is 2.08. The molecule has 1 atom stereocenters. The Morgan fingerprint density at radius 2 is 1.72 bits per heavy atom. The standard InChI is InChI=1S/C19H19NO5/c1-14(16-5-3-2-4-6-16)20-18(22)12-25-19(23)13-24-17-9-7-15(11-21)8-10-17/h2-11,14H,12-13H2,1H3,(H,20,22)/t14-/m0/s1. The van der Waals surface area contributed by atoms with Crippen molar-refractivity contribution in [1.82, 2.24) is 5.32 Å². The first-order valence-corrected chi connectivity index (χ1v) is 7.76. The Kier molecular flexibility index (Phi) is 6.71. The van der Waals surface area contributed by atoms with E-state index < -0.39 is 5.97 Å². The van der Waals surface area contributed by atoms with Gasteiger partial charge in [-0.05, 0) is 36.8 Å². The Balaban J connectivity index is 1.70. The van der Waals surface area contributed by atoms with Crippen LogP contribution in [-0.2, 0) is 14.3 Å². The lowest BCUT2D eigenvalue weighted by Crippen LogP contribution is -2.31. The number of hydrogen-bond donors (Lipinski definition) is 1. The van der Waals surface area contributed by atoms with Gasteiger partial charge in [0.15, 0.2) is 13.2 Å². The predicted octanol–water partition coefficient (Wildman–Crippen LogP) is 2.30. The number of esters is 1. The van der Waals surface area contributed by atoms with Crippen molar-refractivity contribution in [2.75, 3.05) is 13.2 Å². The molecule has 25 heavy (non-hydrogen) atoms. The van der Waals surface area contributed by atoms with Gasteiger partial charge in [-0.15, -0.1) is 0 Å². The van der Waals surface area contributed by atoms with Gasteiger partial charge in [0, 0.05) is 5.56 Å². The molecule has 0 aromatic heterocycles. The van der Waals surface area contributed by atoms with Crippen molar-refractivity contribution in [3.05, 3.63) is 65.7 Å². The van der Waals surface area contributed by atoms with Crippen LogP contribution >= 0.6 is 0 Å². The van der Waals surface area contributed by atoms with Gasteiger partial charge >= 0.3 is 5.97 Å². The smallest absolute Gasteiger partial charge is 0.344 e. The number of benzene rings is 2. The molecule has 0 aliphatic carbocycles. The quantitative estimate of drug-likeness (QED) is 0.588. The van der Waals surface area contributed by atoms with E-state index in [0.29, 0.717) is 17.6 Å². The van der Waals surface area contributed by atoms with Crippen molar-refractivity contribution in [3.8, 4) is 5.75 Å². The van der Waals surface area contributed by atoms with Crippen LogP contribution in [0.4, 0.5) is 0 Å². The van der Waals surface area contributed by atoms with E-state index in [4.69, 9.17) is 9.47 Å². The molecular weight excluding hydrogens is 322 g/mol. The number of hydrogen-bond acceptors (Lipinski definition) is 5. The fourth-order valence-electron chi connectivity index (χ4n) is 2.08. The zero-order valence-corrected chi connectivity index (χ0v) is 13.8. The van der Waals surface area contributed by atoms with Gasteiger partial charge in [-0.1, -0.05) is 30.3 Å². The first-order valence-electron chi connectivity index (χ1n) is 7.76. The maximum Gasteiger partial charge on any atom is 0.344 e. The highest BCUT2D eigenvalue weighted by Crippen LogP contribution is 2.11. The molecule has 2 aromatic carbocycles. The summed E-state index contributed by atoms with van der Waals surface area (Å²) in [4.78, 5) is 34.0. The van der Waals surface area contributed by atoms with Crippen LogP contribution in [0.5, 0.6) is 5.75 Å². The van der Waals surface area contributed by atoms with Crippen molar-refractivity contribution in [2.24, 2.45) is 0 Å². The van der Waals surface area contributed by atoms with Gasteiger partial charge in [0.05, 0.1) is 6.04 Å². The van der Waals surface area contributed by atoms with E-state index in [2.05, 4.69) is 5.32 Å². The lowest BCUT2D eigenvalue weighted by Gasteiger charge is -2.14. The summed E-state index contributed by atoms with van der Waals surface area (Å²) >= 11 is 0. The summed E-state index contributed by atoms with van der Waals surface area (Å²) in [5.41, 5.74) is 1.48. The van der Waals surface area contributed by atoms with Gasteiger partial charge in [0.1, 0.15) is 12.0 Å². The topological polar surface area (TPSA) is 81.7 Å². The number of carbonyl (C=O) groups excluding carboxylic acids is 3. The monoisotopic (exact) mass is 341 g/mol. The van der Waals surface area contributed by atoms with Crippen molar-refractivity contribution < 1.29 is 23.9 Å². The second kappa shape index (κ2) is 9.22. The third kappa shape index (κ3) is 6.10. The minimum absolute atomic E-state index is 0.181. The van der Waals surface area contributed by atoms with E-state index in [1.807, 2.05) is 37.3 Å². The van der Waals surface area contributed by atoms with Crippen LogP contribution in [0.15, 0.2) is 54.6 Å². The molecule has 1 N–H and O–H groups in total. The van der Waals surface area contributed by atoms with E-state index >= 15 is 0 Å². The largest absolute Gasteiger partial charge is 0.482 e. The SMILES string of the molecule is C[C@H](NC(=O)COC(=O)COc1ccc(C=O)cc1)c1ccccc1. The number of carbonyl (C=O) groups is 3. The van der Waals surface area contributed by atoms with Gasteiger partial charge in [-0.2, -0.15) is 0 Å². The lowest BCUT2D eigenvalue weighted by atomic mass is 10.1. The van der Waals surface area contributed by atoms with Crippen molar-refractivity contribution in [3.63, 3.8) is 0 Å². The molecule has 0 bridgehead atoms. The van der Waals surface area contributed by atoms with E-state index in [1.165, 1.54) is 0 Å². The van der Waals surface area contributed by atoms with Crippen LogP contribution in [0.1, 0.15) is 28.9 Å². The predicted molar refractivity (Wildman–Crippen MR) is 91.3 cm³/mol. The average Bonchev–Trinajstić information content (AvgIpc) is 2.65. The Morgan fingerprint density at radius 1 is 1.04 bits per heavy atom. The highest BCUT2D eigenvalue weighted by Gasteiger charge is 2.12. The van der Waals surface area contributed by atoms with Gasteiger partial charge in [-0.3, -0.25) is 9.59 Å². The molecule has 2 aromatic rings. The molecular formula is C19H19NO5. The third-order valence-electron chi connectivity index (χ3n) is 3.41. The van der Waals surface area contributed by atoms with Crippen LogP contribution < -0.4 is 10.1 Å². The second-order valence-corrected chi connectivity index (χ2v) is 5.34. The summed E-state index contributed by atoms with van der Waals surface area (Å²) in [6.45, 7) is 1.16. The first-order chi connectivity index (χ1) is 12.1. The van der Waals surface area contributed by atoms with Gasteiger partial charge in [-0.25, -0.2) is 4.79 Å². The Morgan fingerprint density at radius 3 is 2.36 bits per heavy atom. The fraction of sp³-hybridized carbons (Fsp3) is 0.211. The molecule has 6 nitrogen and oxygen atoms in total. The van der Waals surface area contributed by atoms with E-state index in [9.17, 15) is 14.4 Å². The molecule has 0 saturated carbocycles. The van der Waals surface area contributed by atoms with Gasteiger partial charge in [0.2, 0.25) is 0 Å². The molecule has 130 valence electrons. The minimum atomic E-state index is -0.651. The maximum atomic E-state index is 11.8. The number of ether oxygens (including phenoxy) is 2. The summed E-state index contributed by atoms with van der Waals surface area (Å²) in [5.74, 6) is -0.605. The Labute approximate surface area is 145 Å². The highest BCUT2D eigenvalue weighted by atomic mass is 16.6. The molecule has 0 unspecified atom stereocenters. The molecule has 0 saturated heterocycles. The molecule has 0 fully saturated rings. The number of amides is 1. The van der Waals surface area contributed by atoms with E-state index in [-0.39, 0.29) is 25.2 Å². The highest BCUT2D eigenvalue weighted by molar-refractivity contribution is 5.81. The maximum absolute atomic E-state index is 11.8. The third-order valence-corrected chi connectivity index (χ3v) is 3.41. The normalized spacial score (nSPS) is 11.2. The number of aldehydes is 1. The average molecular weight is 341 g/mol. The van der Waals surface area contributed by atoms with Crippen LogP contribution in [0.3, 0.4) is 0 Å². The molecule has 0 spiro atoms. The van der Waals surface area contributed by atoms with Gasteiger partial charge < -0.3 is 14.8 Å². The van der Waals surface area contributed by atoms with E-state index in [1.54, 1.807) is 24.3 Å². The molecule has 1 amide bonds. The minimum Gasteiger partial charge on any atom is -0.482 e. The summed E-state index contributed by atoms with van der Waals surface area (Å²) < 4.78 is 10.1. The molecule has 6 heteroatoms. The van der Waals surface area contributed by atoms with Crippen molar-refractivity contribution >= 4 is 18.2 Å². The number of nitrogens with one attached hydrogen (secondary N) is 1. The summed E-state index contributed by atoms with van der Waals surface area (Å²) in [5, 5.41) is 2.75. The van der Waals surface area contributed by atoms with Crippen LogP contribution in [0.25, 0.3) is 0 Å². The number of rotatable bonds is 8. The summed E-state index contributed by atoms with van der Waals surface area (Å²) in [6.07, 6.45) is 0.715. The molecule has 0 radical (unpaired) electrons. The van der Waals surface area contributed by atoms with Crippen molar-refractivity contribution in [2.45, 2.75) is 13.0 Å². The van der Waals surface area contributed by atoms with Crippen LogP contribution in [-0.4, -0.2) is 31.4 Å². The zero-order chi connectivity index (χ0) is 18.1. The zero-order valence-electron chi connectivity index (χ0n) is 13.8. The Bertz CT molecular complexity index is 712. The van der Waals surface area contributed by atoms with Crippen LogP contribution in [0.2, 0.25) is 0 Å². The molecule has 0 aliphatic heterocycles. The first kappa shape index (κ1) is 18.2. The van der Waals surface area contributed by atoms with Crippen LogP contribution in [0, 0.1) is 0 Å². The van der Waals surface area contributed by atoms with Gasteiger partial charge in [0.25, 0.3) is 5.91 Å². The van der Waals surface area contributed by atoms with E-state index in [0.717, 1.165) is 5.56 Å². The summed E-state index contributed by atoms with van der Waals surface area (Å²) in [6, 6.07) is 15.6.